The summed E-state index contributed by atoms with van der Waals surface area (Å²) >= 11 is 0. The number of nitrogens with two attached hydrogens (primary N) is 1. The van der Waals surface area contributed by atoms with Crippen molar-refractivity contribution in [2.24, 2.45) is 5.73 Å². The largest absolute Gasteiger partial charge is 1.00 e. The predicted molar refractivity (Wildman–Crippen MR) is 45.4 cm³/mol. The van der Waals surface area contributed by atoms with Crippen LogP contribution in [0.4, 0.5) is 0 Å². The van der Waals surface area contributed by atoms with Crippen LogP contribution in [0.1, 0.15) is 12.9 Å². The van der Waals surface area contributed by atoms with Crippen LogP contribution in [0, 0.1) is 0 Å². The smallest absolute Gasteiger partial charge is 1.00 e. The van der Waals surface area contributed by atoms with E-state index in [-0.39, 0.29) is 36.9 Å². The Bertz CT molecular complexity index is 230. The molecule has 0 fully saturated rings. The minimum atomic E-state index is -0.142. The Morgan fingerprint density at radius 1 is 1.42 bits per heavy atom. The summed E-state index contributed by atoms with van der Waals surface area (Å²) in [6, 6.07) is 9.54. The summed E-state index contributed by atoms with van der Waals surface area (Å²) in [5.41, 5.74) is 6.37. The fraction of sp³-hybridized carbons (Fsp3) is 0.222. The average molecular weight is 173 g/mol. The quantitative estimate of drug-likeness (QED) is 0.426. The molecule has 2 N–H and O–H groups in total. The summed E-state index contributed by atoms with van der Waals surface area (Å²) in [5, 5.41) is 0. The van der Waals surface area contributed by atoms with Gasteiger partial charge in [-0.15, -0.1) is 0 Å². The van der Waals surface area contributed by atoms with Crippen LogP contribution < -0.4 is 35.3 Å². The van der Waals surface area contributed by atoms with Crippen LogP contribution in [0.5, 0.6) is 0 Å². The summed E-state index contributed by atoms with van der Waals surface area (Å²) in [6.07, 6.45) is 0.884. The Labute approximate surface area is 95.9 Å². The molecule has 2 nitrogen and oxygen atoms in total. The molecule has 1 aromatic carbocycles. The molecule has 0 aromatic heterocycles. The summed E-state index contributed by atoms with van der Waals surface area (Å²) in [7, 11) is 0. The van der Waals surface area contributed by atoms with E-state index >= 15 is 0 Å². The van der Waals surface area contributed by atoms with Crippen molar-refractivity contribution in [1.82, 2.24) is 0 Å². The van der Waals surface area contributed by atoms with Gasteiger partial charge in [-0.3, -0.25) is 0 Å². The first kappa shape index (κ1) is 11.8. The number of benzene rings is 1. The molecule has 0 aliphatic carbocycles. The van der Waals surface area contributed by atoms with Gasteiger partial charge in [0.15, 0.2) is 0 Å². The van der Waals surface area contributed by atoms with E-state index in [0.717, 1.165) is 11.8 Å². The van der Waals surface area contributed by atoms with Crippen LogP contribution >= 0.6 is 0 Å². The van der Waals surface area contributed by atoms with Gasteiger partial charge in [-0.1, -0.05) is 30.3 Å². The molecule has 0 aliphatic rings. The van der Waals surface area contributed by atoms with Gasteiger partial charge in [0.05, 0.1) is 5.92 Å². The van der Waals surface area contributed by atoms with Crippen molar-refractivity contribution >= 4 is 6.29 Å². The van der Waals surface area contributed by atoms with Crippen molar-refractivity contribution in [2.45, 2.75) is 5.92 Å². The molecule has 60 valence electrons. The normalized spacial score (nSPS) is 11.4. The number of hydrogen-bond donors (Lipinski definition) is 1. The van der Waals surface area contributed by atoms with Crippen molar-refractivity contribution in [3.63, 3.8) is 0 Å². The molecule has 1 aromatic rings. The SMILES string of the molecule is NCC(C=O)c1ccccc1.[H-].[Na+]. The molecule has 0 spiro atoms. The standard InChI is InChI=1S/C9H11NO.Na.H/c10-6-9(7-11)8-4-2-1-3-5-8;;/h1-5,7,9H,6,10H2;;/q;+1;-1. The van der Waals surface area contributed by atoms with Gasteiger partial charge in [0, 0.05) is 6.54 Å². The fourth-order valence-electron chi connectivity index (χ4n) is 0.970. The van der Waals surface area contributed by atoms with E-state index in [4.69, 9.17) is 5.73 Å². The van der Waals surface area contributed by atoms with Gasteiger partial charge in [-0.2, -0.15) is 0 Å². The molecular weight excluding hydrogens is 161 g/mol. The minimum absolute atomic E-state index is 0. The first-order valence-corrected chi connectivity index (χ1v) is 3.58. The van der Waals surface area contributed by atoms with E-state index in [1.165, 1.54) is 0 Å². The molecule has 0 saturated heterocycles. The monoisotopic (exact) mass is 173 g/mol. The van der Waals surface area contributed by atoms with Gasteiger partial charge in [0.1, 0.15) is 6.29 Å². The van der Waals surface area contributed by atoms with Crippen LogP contribution in [-0.4, -0.2) is 12.8 Å². The Morgan fingerprint density at radius 2 is 2.00 bits per heavy atom. The molecule has 1 unspecified atom stereocenters. The van der Waals surface area contributed by atoms with Crippen LogP contribution in [0.2, 0.25) is 0 Å². The van der Waals surface area contributed by atoms with Crippen molar-refractivity contribution in [3.05, 3.63) is 35.9 Å². The van der Waals surface area contributed by atoms with Gasteiger partial charge in [0.25, 0.3) is 0 Å². The maximum atomic E-state index is 10.5. The van der Waals surface area contributed by atoms with Crippen LogP contribution in [-0.2, 0) is 4.79 Å². The summed E-state index contributed by atoms with van der Waals surface area (Å²) in [5.74, 6) is -0.142. The number of carbonyl (C=O) groups excluding carboxylic acids is 1. The first-order valence-electron chi connectivity index (χ1n) is 3.58. The first-order chi connectivity index (χ1) is 5.38. The zero-order chi connectivity index (χ0) is 8.10. The van der Waals surface area contributed by atoms with Gasteiger partial charge in [-0.25, -0.2) is 0 Å². The van der Waals surface area contributed by atoms with Crippen molar-refractivity contribution < 1.29 is 35.8 Å². The predicted octanol–water partition coefficient (Wildman–Crippen LogP) is -1.96. The number of carbonyl (C=O) groups is 1. The zero-order valence-corrected chi connectivity index (χ0v) is 9.23. The third kappa shape index (κ3) is 3.07. The number of rotatable bonds is 3. The average Bonchev–Trinajstić information content (AvgIpc) is 2.09. The minimum Gasteiger partial charge on any atom is -1.00 e. The van der Waals surface area contributed by atoms with E-state index in [0.29, 0.717) is 6.54 Å². The molecule has 1 atom stereocenters. The molecule has 0 saturated carbocycles. The van der Waals surface area contributed by atoms with Crippen molar-refractivity contribution in [1.29, 1.82) is 0 Å². The molecule has 0 heterocycles. The molecule has 12 heavy (non-hydrogen) atoms. The third-order valence-electron chi connectivity index (χ3n) is 1.65. The molecule has 0 radical (unpaired) electrons. The molecule has 3 heteroatoms. The van der Waals surface area contributed by atoms with E-state index in [1.807, 2.05) is 30.3 Å². The Morgan fingerprint density at radius 3 is 2.42 bits per heavy atom. The van der Waals surface area contributed by atoms with Crippen LogP contribution in [0.3, 0.4) is 0 Å². The van der Waals surface area contributed by atoms with Gasteiger partial charge < -0.3 is 12.0 Å². The second kappa shape index (κ2) is 6.38. The second-order valence-electron chi connectivity index (χ2n) is 2.39. The van der Waals surface area contributed by atoms with E-state index in [2.05, 4.69) is 0 Å². The summed E-state index contributed by atoms with van der Waals surface area (Å²) < 4.78 is 0. The summed E-state index contributed by atoms with van der Waals surface area (Å²) in [4.78, 5) is 10.5. The Balaban J connectivity index is 0. The number of aldehydes is 1. The number of hydrogen-bond acceptors (Lipinski definition) is 2. The van der Waals surface area contributed by atoms with Crippen molar-refractivity contribution in [3.8, 4) is 0 Å². The van der Waals surface area contributed by atoms with Crippen LogP contribution in [0.25, 0.3) is 0 Å². The fourth-order valence-corrected chi connectivity index (χ4v) is 0.970. The van der Waals surface area contributed by atoms with Crippen molar-refractivity contribution in [2.75, 3.05) is 6.54 Å². The maximum absolute atomic E-state index is 10.5. The second-order valence-corrected chi connectivity index (χ2v) is 2.39. The molecule has 1 rings (SSSR count). The van der Waals surface area contributed by atoms with Gasteiger partial charge in [0.2, 0.25) is 0 Å². The maximum Gasteiger partial charge on any atom is 1.00 e. The molecule has 0 aliphatic heterocycles. The third-order valence-corrected chi connectivity index (χ3v) is 1.65. The molecule has 0 bridgehead atoms. The van der Waals surface area contributed by atoms with Gasteiger partial charge >= 0.3 is 29.6 Å². The summed E-state index contributed by atoms with van der Waals surface area (Å²) in [6.45, 7) is 0.382. The molecule has 0 amide bonds. The Kier molecular flexibility index (Phi) is 6.30. The van der Waals surface area contributed by atoms with E-state index < -0.39 is 0 Å². The molecular formula is C9H12NNaO. The zero-order valence-electron chi connectivity index (χ0n) is 8.23. The topological polar surface area (TPSA) is 43.1 Å². The van der Waals surface area contributed by atoms with E-state index in [1.54, 1.807) is 0 Å². The van der Waals surface area contributed by atoms with Gasteiger partial charge in [-0.05, 0) is 5.56 Å². The van der Waals surface area contributed by atoms with Crippen LogP contribution in [0.15, 0.2) is 30.3 Å². The van der Waals surface area contributed by atoms with E-state index in [9.17, 15) is 4.79 Å². The Hall–Kier alpha value is -0.150.